The Balaban J connectivity index is 1.49. The SMILES string of the molecule is CN(C)C(=O)N1CCN(C(=O)c2ccc3c(c2)C(=O)N(C2CCC(=O)NC2=O)C3=O)CC1. The fourth-order valence-corrected chi connectivity index (χ4v) is 4.17. The predicted molar refractivity (Wildman–Crippen MR) is 110 cm³/mol. The molecule has 4 rings (SSSR count). The third-order valence-electron chi connectivity index (χ3n) is 5.91. The Morgan fingerprint density at radius 2 is 1.56 bits per heavy atom. The van der Waals surface area contributed by atoms with Crippen molar-refractivity contribution < 1.29 is 28.8 Å². The Morgan fingerprint density at radius 3 is 2.19 bits per heavy atom. The number of piperazine rings is 1. The molecule has 11 nitrogen and oxygen atoms in total. The molecule has 3 aliphatic rings. The van der Waals surface area contributed by atoms with E-state index in [0.29, 0.717) is 26.2 Å². The van der Waals surface area contributed by atoms with Crippen molar-refractivity contribution in [3.8, 4) is 0 Å². The summed E-state index contributed by atoms with van der Waals surface area (Å²) in [6.45, 7) is 1.50. The predicted octanol–water partition coefficient (Wildman–Crippen LogP) is -0.473. The molecule has 3 heterocycles. The molecule has 32 heavy (non-hydrogen) atoms. The van der Waals surface area contributed by atoms with Crippen molar-refractivity contribution in [2.75, 3.05) is 40.3 Å². The van der Waals surface area contributed by atoms with Gasteiger partial charge in [-0.3, -0.25) is 34.2 Å². The quantitative estimate of drug-likeness (QED) is 0.618. The van der Waals surface area contributed by atoms with E-state index in [2.05, 4.69) is 5.32 Å². The lowest BCUT2D eigenvalue weighted by Gasteiger charge is -2.36. The molecule has 1 aromatic rings. The first-order valence-corrected chi connectivity index (χ1v) is 10.3. The average Bonchev–Trinajstić information content (AvgIpc) is 3.02. The third kappa shape index (κ3) is 3.59. The summed E-state index contributed by atoms with van der Waals surface area (Å²) in [5.41, 5.74) is 0.437. The van der Waals surface area contributed by atoms with E-state index < -0.39 is 29.7 Å². The first kappa shape index (κ1) is 21.5. The van der Waals surface area contributed by atoms with Gasteiger partial charge in [0.1, 0.15) is 6.04 Å². The zero-order valence-corrected chi connectivity index (χ0v) is 17.8. The lowest BCUT2D eigenvalue weighted by molar-refractivity contribution is -0.136. The minimum atomic E-state index is -1.05. The largest absolute Gasteiger partial charge is 0.335 e. The van der Waals surface area contributed by atoms with Gasteiger partial charge in [0.25, 0.3) is 17.7 Å². The van der Waals surface area contributed by atoms with Gasteiger partial charge in [-0.05, 0) is 24.6 Å². The summed E-state index contributed by atoms with van der Waals surface area (Å²) in [6.07, 6.45) is 0.105. The molecule has 1 atom stereocenters. The molecule has 0 radical (unpaired) electrons. The first-order chi connectivity index (χ1) is 15.2. The van der Waals surface area contributed by atoms with Gasteiger partial charge >= 0.3 is 6.03 Å². The molecule has 7 amide bonds. The number of piperidine rings is 1. The number of hydrogen-bond donors (Lipinski definition) is 1. The smallest absolute Gasteiger partial charge is 0.319 e. The maximum absolute atomic E-state index is 13.0. The number of hydrogen-bond acceptors (Lipinski definition) is 6. The van der Waals surface area contributed by atoms with Crippen molar-refractivity contribution >= 4 is 35.6 Å². The van der Waals surface area contributed by atoms with E-state index in [9.17, 15) is 28.8 Å². The van der Waals surface area contributed by atoms with Crippen LogP contribution in [0.1, 0.15) is 43.9 Å². The van der Waals surface area contributed by atoms with Gasteiger partial charge in [0, 0.05) is 52.3 Å². The number of fused-ring (bicyclic) bond motifs is 1. The van der Waals surface area contributed by atoms with Gasteiger partial charge in [0.05, 0.1) is 11.1 Å². The summed E-state index contributed by atoms with van der Waals surface area (Å²) in [7, 11) is 3.33. The molecule has 0 aliphatic carbocycles. The number of rotatable bonds is 2. The highest BCUT2D eigenvalue weighted by atomic mass is 16.2. The minimum Gasteiger partial charge on any atom is -0.335 e. The number of carbonyl (C=O) groups excluding carboxylic acids is 6. The number of nitrogens with one attached hydrogen (secondary N) is 1. The Morgan fingerprint density at radius 1 is 0.938 bits per heavy atom. The van der Waals surface area contributed by atoms with E-state index in [1.165, 1.54) is 23.1 Å². The van der Waals surface area contributed by atoms with Gasteiger partial charge in [0.15, 0.2) is 0 Å². The van der Waals surface area contributed by atoms with Crippen molar-refractivity contribution in [3.63, 3.8) is 0 Å². The van der Waals surface area contributed by atoms with Gasteiger partial charge < -0.3 is 14.7 Å². The van der Waals surface area contributed by atoms with Gasteiger partial charge in [-0.2, -0.15) is 0 Å². The van der Waals surface area contributed by atoms with Crippen LogP contribution in [-0.2, 0) is 9.59 Å². The fourth-order valence-electron chi connectivity index (χ4n) is 4.17. The summed E-state index contributed by atoms with van der Waals surface area (Å²) in [6, 6.07) is 3.10. The lowest BCUT2D eigenvalue weighted by Crippen LogP contribution is -2.54. The standard InChI is InChI=1S/C21H23N5O6/c1-23(2)21(32)25-9-7-24(8-10-25)18(29)12-3-4-13-14(11-12)20(31)26(19(13)30)15-5-6-16(27)22-17(15)28/h3-4,11,15H,5-10H2,1-2H3,(H,22,27,28). The molecule has 0 spiro atoms. The number of imide groups is 2. The summed E-state index contributed by atoms with van der Waals surface area (Å²) in [5.74, 6) is -2.70. The molecule has 168 valence electrons. The number of urea groups is 1. The Labute approximate surface area is 183 Å². The molecule has 1 N–H and O–H groups in total. The molecule has 3 aliphatic heterocycles. The zero-order chi connectivity index (χ0) is 23.2. The van der Waals surface area contributed by atoms with E-state index in [1.807, 2.05) is 0 Å². The van der Waals surface area contributed by atoms with Crippen LogP contribution in [0.2, 0.25) is 0 Å². The van der Waals surface area contributed by atoms with Crippen LogP contribution < -0.4 is 5.32 Å². The van der Waals surface area contributed by atoms with Crippen LogP contribution in [0.25, 0.3) is 0 Å². The van der Waals surface area contributed by atoms with Crippen LogP contribution in [0.3, 0.4) is 0 Å². The van der Waals surface area contributed by atoms with Crippen LogP contribution in [0.5, 0.6) is 0 Å². The molecule has 2 saturated heterocycles. The molecular formula is C21H23N5O6. The van der Waals surface area contributed by atoms with Crippen molar-refractivity contribution in [1.82, 2.24) is 24.9 Å². The van der Waals surface area contributed by atoms with Crippen molar-refractivity contribution in [2.24, 2.45) is 0 Å². The summed E-state index contributed by atoms with van der Waals surface area (Å²) in [5, 5.41) is 2.15. The first-order valence-electron chi connectivity index (χ1n) is 10.3. The lowest BCUT2D eigenvalue weighted by atomic mass is 10.0. The van der Waals surface area contributed by atoms with Gasteiger partial charge in [-0.1, -0.05) is 0 Å². The number of carbonyl (C=O) groups is 6. The average molecular weight is 441 g/mol. The number of nitrogens with zero attached hydrogens (tertiary/aromatic N) is 4. The summed E-state index contributed by atoms with van der Waals surface area (Å²) in [4.78, 5) is 79.9. The Hall–Kier alpha value is -3.76. The van der Waals surface area contributed by atoms with E-state index >= 15 is 0 Å². The van der Waals surface area contributed by atoms with Gasteiger partial charge in [0.2, 0.25) is 11.8 Å². The van der Waals surface area contributed by atoms with Crippen LogP contribution >= 0.6 is 0 Å². The second-order valence-corrected chi connectivity index (χ2v) is 8.16. The molecular weight excluding hydrogens is 418 g/mol. The Bertz CT molecular complexity index is 1040. The molecule has 11 heteroatoms. The van der Waals surface area contributed by atoms with Crippen molar-refractivity contribution in [2.45, 2.75) is 18.9 Å². The van der Waals surface area contributed by atoms with Crippen LogP contribution in [0.15, 0.2) is 18.2 Å². The maximum atomic E-state index is 13.0. The number of amides is 7. The summed E-state index contributed by atoms with van der Waals surface area (Å²) < 4.78 is 0. The number of benzene rings is 1. The van der Waals surface area contributed by atoms with Gasteiger partial charge in [-0.25, -0.2) is 4.79 Å². The van der Waals surface area contributed by atoms with Crippen LogP contribution in [0, 0.1) is 0 Å². The van der Waals surface area contributed by atoms with Crippen molar-refractivity contribution in [3.05, 3.63) is 34.9 Å². The monoisotopic (exact) mass is 441 g/mol. The van der Waals surface area contributed by atoms with Crippen LogP contribution in [0.4, 0.5) is 4.79 Å². The second-order valence-electron chi connectivity index (χ2n) is 8.16. The third-order valence-corrected chi connectivity index (χ3v) is 5.91. The molecule has 0 aromatic heterocycles. The zero-order valence-electron chi connectivity index (χ0n) is 17.8. The fraction of sp³-hybridized carbons (Fsp3) is 0.429. The van der Waals surface area contributed by atoms with Crippen LogP contribution in [-0.4, -0.2) is 101 Å². The summed E-state index contributed by atoms with van der Waals surface area (Å²) >= 11 is 0. The second kappa shape index (κ2) is 8.06. The highest BCUT2D eigenvalue weighted by Crippen LogP contribution is 2.28. The highest BCUT2D eigenvalue weighted by molar-refractivity contribution is 6.24. The van der Waals surface area contributed by atoms with Crippen molar-refractivity contribution in [1.29, 1.82) is 0 Å². The maximum Gasteiger partial charge on any atom is 0.319 e. The molecule has 2 fully saturated rings. The van der Waals surface area contributed by atoms with E-state index in [1.54, 1.807) is 23.9 Å². The highest BCUT2D eigenvalue weighted by Gasteiger charge is 2.44. The van der Waals surface area contributed by atoms with E-state index in [0.717, 1.165) is 4.90 Å². The van der Waals surface area contributed by atoms with E-state index in [4.69, 9.17) is 0 Å². The molecule has 1 aromatic carbocycles. The normalized spacial score (nSPS) is 20.9. The Kier molecular flexibility index (Phi) is 5.41. The topological polar surface area (TPSA) is 127 Å². The molecule has 0 saturated carbocycles. The molecule has 1 unspecified atom stereocenters. The molecule has 0 bridgehead atoms. The van der Waals surface area contributed by atoms with Gasteiger partial charge in [-0.15, -0.1) is 0 Å². The minimum absolute atomic E-state index is 0.0376. The van der Waals surface area contributed by atoms with E-state index in [-0.39, 0.29) is 41.5 Å².